The van der Waals surface area contributed by atoms with Gasteiger partial charge in [0.25, 0.3) is 0 Å². The summed E-state index contributed by atoms with van der Waals surface area (Å²) < 4.78 is 3.80. The molecule has 3 nitrogen and oxygen atoms in total. The van der Waals surface area contributed by atoms with Gasteiger partial charge in [-0.25, -0.2) is 0 Å². The van der Waals surface area contributed by atoms with Crippen LogP contribution in [-0.4, -0.2) is 9.59 Å². The zero-order valence-electron chi connectivity index (χ0n) is 8.23. The quantitative estimate of drug-likeness (QED) is 0.792. The first kappa shape index (κ1) is 10.6. The minimum atomic E-state index is 0.138. The van der Waals surface area contributed by atoms with Crippen molar-refractivity contribution in [1.29, 1.82) is 0 Å². The van der Waals surface area contributed by atoms with E-state index >= 15 is 0 Å². The van der Waals surface area contributed by atoms with Crippen molar-refractivity contribution in [3.63, 3.8) is 0 Å². The van der Waals surface area contributed by atoms with Crippen LogP contribution in [0, 0.1) is 5.92 Å². The molecule has 1 aromatic rings. The first-order valence-electron chi connectivity index (χ1n) is 4.73. The van der Waals surface area contributed by atoms with Crippen molar-refractivity contribution in [2.24, 2.45) is 11.7 Å². The Morgan fingerprint density at radius 1 is 1.46 bits per heavy atom. The average Bonchev–Trinajstić information content (AvgIpc) is 2.55. The second kappa shape index (κ2) is 5.29. The lowest BCUT2D eigenvalue weighted by Crippen LogP contribution is -2.08. The highest BCUT2D eigenvalue weighted by Gasteiger charge is 2.08. The number of nitrogens with zero attached hydrogens (tertiary/aromatic N) is 2. The molecule has 1 atom stereocenters. The molecule has 0 bridgehead atoms. The van der Waals surface area contributed by atoms with Gasteiger partial charge in [0.1, 0.15) is 0 Å². The van der Waals surface area contributed by atoms with E-state index in [0.29, 0.717) is 0 Å². The van der Waals surface area contributed by atoms with Gasteiger partial charge in [0.05, 0.1) is 11.1 Å². The fourth-order valence-corrected chi connectivity index (χ4v) is 1.76. The zero-order chi connectivity index (χ0) is 9.68. The molecule has 74 valence electrons. The lowest BCUT2D eigenvalue weighted by Gasteiger charge is -2.09. The summed E-state index contributed by atoms with van der Waals surface area (Å²) in [6.45, 7) is 4.47. The first-order valence-corrected chi connectivity index (χ1v) is 5.50. The Bertz CT molecular complexity index is 221. The van der Waals surface area contributed by atoms with Crippen molar-refractivity contribution in [2.75, 3.05) is 0 Å². The van der Waals surface area contributed by atoms with Crippen LogP contribution in [0.2, 0.25) is 0 Å². The molecule has 0 radical (unpaired) electrons. The smallest absolute Gasteiger partial charge is 0.0669 e. The van der Waals surface area contributed by atoms with E-state index in [-0.39, 0.29) is 6.04 Å². The van der Waals surface area contributed by atoms with E-state index in [4.69, 9.17) is 5.73 Å². The van der Waals surface area contributed by atoms with Crippen LogP contribution in [-0.2, 0) is 0 Å². The van der Waals surface area contributed by atoms with Gasteiger partial charge in [-0.3, -0.25) is 0 Å². The second-order valence-electron chi connectivity index (χ2n) is 3.75. The molecule has 2 N–H and O–H groups in total. The molecule has 0 aromatic carbocycles. The summed E-state index contributed by atoms with van der Waals surface area (Å²) in [4.78, 5) is 1.10. The van der Waals surface area contributed by atoms with E-state index in [1.807, 2.05) is 0 Å². The van der Waals surface area contributed by atoms with Crippen molar-refractivity contribution >= 4 is 11.5 Å². The maximum Gasteiger partial charge on any atom is 0.0669 e. The fraction of sp³-hybridized carbons (Fsp3) is 0.778. The van der Waals surface area contributed by atoms with Crippen LogP contribution in [0.3, 0.4) is 0 Å². The van der Waals surface area contributed by atoms with Gasteiger partial charge in [0, 0.05) is 6.04 Å². The number of aromatic nitrogens is 2. The second-order valence-corrected chi connectivity index (χ2v) is 4.57. The third-order valence-corrected chi connectivity index (χ3v) is 2.84. The van der Waals surface area contributed by atoms with Crippen molar-refractivity contribution in [3.05, 3.63) is 11.1 Å². The summed E-state index contributed by atoms with van der Waals surface area (Å²) in [5, 5.41) is 3.77. The minimum absolute atomic E-state index is 0.138. The molecule has 0 saturated heterocycles. The molecule has 1 aromatic heterocycles. The average molecular weight is 199 g/mol. The molecule has 1 rings (SSSR count). The number of hydrogen-bond acceptors (Lipinski definition) is 4. The monoisotopic (exact) mass is 199 g/mol. The van der Waals surface area contributed by atoms with Crippen molar-refractivity contribution < 1.29 is 0 Å². The molecule has 0 saturated carbocycles. The van der Waals surface area contributed by atoms with Crippen LogP contribution in [0.15, 0.2) is 6.20 Å². The van der Waals surface area contributed by atoms with E-state index in [1.165, 1.54) is 24.4 Å². The first-order chi connectivity index (χ1) is 6.20. The van der Waals surface area contributed by atoms with E-state index in [1.54, 1.807) is 6.20 Å². The van der Waals surface area contributed by atoms with E-state index in [2.05, 4.69) is 23.4 Å². The molecule has 1 unspecified atom stereocenters. The Morgan fingerprint density at radius 2 is 2.23 bits per heavy atom. The standard InChI is InChI=1S/C9H17N3S/c1-7(2)4-3-5-8(10)9-6-11-12-13-9/h6-8H,3-5,10H2,1-2H3. The van der Waals surface area contributed by atoms with Gasteiger partial charge in [-0.1, -0.05) is 31.2 Å². The van der Waals surface area contributed by atoms with Gasteiger partial charge in [0.15, 0.2) is 0 Å². The lowest BCUT2D eigenvalue weighted by atomic mass is 10.0. The molecule has 0 amide bonds. The van der Waals surface area contributed by atoms with Gasteiger partial charge in [-0.05, 0) is 23.9 Å². The Kier molecular flexibility index (Phi) is 4.32. The van der Waals surface area contributed by atoms with Gasteiger partial charge < -0.3 is 5.73 Å². The largest absolute Gasteiger partial charge is 0.323 e. The van der Waals surface area contributed by atoms with Crippen LogP contribution >= 0.6 is 11.5 Å². The van der Waals surface area contributed by atoms with E-state index < -0.39 is 0 Å². The van der Waals surface area contributed by atoms with Crippen LogP contribution in [0.25, 0.3) is 0 Å². The highest BCUT2D eigenvalue weighted by Crippen LogP contribution is 2.19. The molecule has 13 heavy (non-hydrogen) atoms. The maximum absolute atomic E-state index is 5.96. The third kappa shape index (κ3) is 3.83. The molecule has 0 fully saturated rings. The van der Waals surface area contributed by atoms with Crippen molar-refractivity contribution in [1.82, 2.24) is 9.59 Å². The Balaban J connectivity index is 2.22. The van der Waals surface area contributed by atoms with Gasteiger partial charge in [-0.2, -0.15) is 0 Å². The molecular weight excluding hydrogens is 182 g/mol. The molecule has 0 spiro atoms. The van der Waals surface area contributed by atoms with E-state index in [9.17, 15) is 0 Å². The molecule has 0 aliphatic carbocycles. The topological polar surface area (TPSA) is 51.8 Å². The van der Waals surface area contributed by atoms with Gasteiger partial charge in [-0.15, -0.1) is 5.10 Å². The normalized spacial score (nSPS) is 13.5. The van der Waals surface area contributed by atoms with Crippen LogP contribution in [0.4, 0.5) is 0 Å². The number of rotatable bonds is 5. The summed E-state index contributed by atoms with van der Waals surface area (Å²) in [7, 11) is 0. The highest BCUT2D eigenvalue weighted by atomic mass is 32.1. The highest BCUT2D eigenvalue weighted by molar-refractivity contribution is 7.05. The maximum atomic E-state index is 5.96. The zero-order valence-corrected chi connectivity index (χ0v) is 9.05. The summed E-state index contributed by atoms with van der Waals surface area (Å²) in [6, 6.07) is 0.138. The Morgan fingerprint density at radius 3 is 2.77 bits per heavy atom. The third-order valence-electron chi connectivity index (χ3n) is 2.04. The van der Waals surface area contributed by atoms with Crippen LogP contribution in [0.5, 0.6) is 0 Å². The van der Waals surface area contributed by atoms with Crippen LogP contribution < -0.4 is 5.73 Å². The van der Waals surface area contributed by atoms with Crippen molar-refractivity contribution in [3.8, 4) is 0 Å². The molecule has 0 aliphatic rings. The van der Waals surface area contributed by atoms with Gasteiger partial charge in [0.2, 0.25) is 0 Å². The molecule has 1 heterocycles. The van der Waals surface area contributed by atoms with Gasteiger partial charge >= 0.3 is 0 Å². The molecule has 4 heteroatoms. The number of nitrogens with two attached hydrogens (primary N) is 1. The lowest BCUT2D eigenvalue weighted by molar-refractivity contribution is 0.508. The predicted molar refractivity (Wildman–Crippen MR) is 55.5 cm³/mol. The number of hydrogen-bond donors (Lipinski definition) is 1. The fourth-order valence-electron chi connectivity index (χ4n) is 1.23. The summed E-state index contributed by atoms with van der Waals surface area (Å²) in [5.74, 6) is 0.770. The Labute approximate surface area is 83.5 Å². The SMILES string of the molecule is CC(C)CCCC(N)c1cnns1. The van der Waals surface area contributed by atoms with Crippen LogP contribution in [0.1, 0.15) is 44.0 Å². The van der Waals surface area contributed by atoms with E-state index in [0.717, 1.165) is 17.2 Å². The summed E-state index contributed by atoms with van der Waals surface area (Å²) in [5.41, 5.74) is 5.96. The molecule has 0 aliphatic heterocycles. The van der Waals surface area contributed by atoms with Crippen molar-refractivity contribution in [2.45, 2.75) is 39.2 Å². The molecular formula is C9H17N3S. The Hall–Kier alpha value is -0.480. The minimum Gasteiger partial charge on any atom is -0.323 e. The summed E-state index contributed by atoms with van der Waals surface area (Å²) >= 11 is 1.40. The summed E-state index contributed by atoms with van der Waals surface area (Å²) in [6.07, 6.45) is 5.25. The predicted octanol–water partition coefficient (Wildman–Crippen LogP) is 2.36.